The van der Waals surface area contributed by atoms with Crippen LogP contribution in [0.3, 0.4) is 0 Å². The fourth-order valence-corrected chi connectivity index (χ4v) is 2.31. The molecule has 15 heavy (non-hydrogen) atoms. The molecule has 1 rings (SSSR count). The highest BCUT2D eigenvalue weighted by Gasteiger charge is 2.14. The lowest BCUT2D eigenvalue weighted by Crippen LogP contribution is -2.04. The van der Waals surface area contributed by atoms with Crippen LogP contribution in [0.25, 0.3) is 0 Å². The van der Waals surface area contributed by atoms with Gasteiger partial charge in [0.2, 0.25) is 0 Å². The minimum absolute atomic E-state index is 0.103. The summed E-state index contributed by atoms with van der Waals surface area (Å²) in [6, 6.07) is 4.23. The van der Waals surface area contributed by atoms with Gasteiger partial charge in [-0.3, -0.25) is 0 Å². The Balaban J connectivity index is 3.20. The fourth-order valence-electron chi connectivity index (χ4n) is 1.03. The van der Waals surface area contributed by atoms with Gasteiger partial charge in [-0.2, -0.15) is 0 Å². The third-order valence-electron chi connectivity index (χ3n) is 1.76. The normalized spacial score (nSPS) is 10.7. The highest BCUT2D eigenvalue weighted by molar-refractivity contribution is 7.91. The van der Waals surface area contributed by atoms with E-state index in [0.29, 0.717) is 5.75 Å². The van der Waals surface area contributed by atoms with E-state index in [0.717, 1.165) is 0 Å². The number of benzene rings is 1. The van der Waals surface area contributed by atoms with Gasteiger partial charge in [0.05, 0.1) is 17.0 Å². The quantitative estimate of drug-likeness (QED) is 0.761. The molecule has 0 N–H and O–H groups in total. The van der Waals surface area contributed by atoms with E-state index in [1.54, 1.807) is 0 Å². The number of sulfone groups is 1. The van der Waals surface area contributed by atoms with E-state index in [-0.39, 0.29) is 15.7 Å². The second kappa shape index (κ2) is 4.56. The maximum atomic E-state index is 11.5. The highest BCUT2D eigenvalue weighted by atomic mass is 35.5. The molecule has 0 atom stereocenters. The van der Waals surface area contributed by atoms with Gasteiger partial charge in [0, 0.05) is 0 Å². The molecule has 0 aliphatic heterocycles. The van der Waals surface area contributed by atoms with Gasteiger partial charge >= 0.3 is 0 Å². The standard InChI is InChI=1S/C10H9ClO3S/c1-3-6-15(12,13)8-4-5-10(14-2)9(11)7-8/h1,4-5,7H,6H2,2H3. The average Bonchev–Trinajstić information content (AvgIpc) is 2.17. The first kappa shape index (κ1) is 11.9. The smallest absolute Gasteiger partial charge is 0.189 e. The molecular formula is C10H9ClO3S. The molecule has 0 aliphatic rings. The molecule has 3 nitrogen and oxygen atoms in total. The number of methoxy groups -OCH3 is 1. The zero-order valence-corrected chi connectivity index (χ0v) is 9.60. The minimum atomic E-state index is -3.43. The topological polar surface area (TPSA) is 43.4 Å². The van der Waals surface area contributed by atoms with Crippen LogP contribution in [0.1, 0.15) is 0 Å². The molecule has 0 saturated heterocycles. The molecule has 1 aromatic rings. The molecule has 0 bridgehead atoms. The van der Waals surface area contributed by atoms with Gasteiger partial charge in [0.1, 0.15) is 11.5 Å². The van der Waals surface area contributed by atoms with Crippen molar-refractivity contribution in [2.75, 3.05) is 12.9 Å². The number of hydrogen-bond acceptors (Lipinski definition) is 3. The zero-order valence-electron chi connectivity index (χ0n) is 8.03. The van der Waals surface area contributed by atoms with Crippen molar-refractivity contribution in [3.8, 4) is 18.1 Å². The summed E-state index contributed by atoms with van der Waals surface area (Å²) in [7, 11) is -1.98. The zero-order chi connectivity index (χ0) is 11.5. The van der Waals surface area contributed by atoms with Gasteiger partial charge in [-0.05, 0) is 18.2 Å². The van der Waals surface area contributed by atoms with Crippen LogP contribution in [-0.2, 0) is 9.84 Å². The van der Waals surface area contributed by atoms with Crippen LogP contribution in [0.15, 0.2) is 23.1 Å². The summed E-state index contributed by atoms with van der Waals surface area (Å²) in [6.07, 6.45) is 4.96. The molecule has 0 amide bonds. The van der Waals surface area contributed by atoms with Crippen molar-refractivity contribution in [2.45, 2.75) is 4.90 Å². The Bertz CT molecular complexity index is 500. The van der Waals surface area contributed by atoms with Crippen molar-refractivity contribution in [3.63, 3.8) is 0 Å². The van der Waals surface area contributed by atoms with Crippen LogP contribution < -0.4 is 4.74 Å². The second-order valence-corrected chi connectivity index (χ2v) is 5.16. The SMILES string of the molecule is C#CCS(=O)(=O)c1ccc(OC)c(Cl)c1. The number of halogens is 1. The Morgan fingerprint density at radius 1 is 1.53 bits per heavy atom. The van der Waals surface area contributed by atoms with Gasteiger partial charge in [0.15, 0.2) is 9.84 Å². The summed E-state index contributed by atoms with van der Waals surface area (Å²) in [5.41, 5.74) is 0. The molecule has 0 fully saturated rings. The van der Waals surface area contributed by atoms with Gasteiger partial charge < -0.3 is 4.74 Å². The van der Waals surface area contributed by atoms with E-state index in [9.17, 15) is 8.42 Å². The lowest BCUT2D eigenvalue weighted by Gasteiger charge is -2.05. The Labute approximate surface area is 93.9 Å². The molecule has 0 aliphatic carbocycles. The molecule has 1 aromatic carbocycles. The van der Waals surface area contributed by atoms with Crippen LogP contribution in [0.2, 0.25) is 5.02 Å². The average molecular weight is 245 g/mol. The molecule has 0 radical (unpaired) electrons. The molecular weight excluding hydrogens is 236 g/mol. The van der Waals surface area contributed by atoms with Crippen LogP contribution in [0.5, 0.6) is 5.75 Å². The van der Waals surface area contributed by atoms with Crippen LogP contribution in [-0.4, -0.2) is 21.3 Å². The Morgan fingerprint density at radius 3 is 2.67 bits per heavy atom. The molecule has 5 heteroatoms. The summed E-state index contributed by atoms with van der Waals surface area (Å²) in [6.45, 7) is 0. The Hall–Kier alpha value is -1.18. The van der Waals surface area contributed by atoms with Crippen LogP contribution in [0, 0.1) is 12.3 Å². The second-order valence-electron chi connectivity index (χ2n) is 2.76. The molecule has 0 aromatic heterocycles. The van der Waals surface area contributed by atoms with E-state index in [1.807, 2.05) is 0 Å². The summed E-state index contributed by atoms with van der Waals surface area (Å²) in [5, 5.41) is 0.246. The third kappa shape index (κ3) is 2.65. The van der Waals surface area contributed by atoms with E-state index < -0.39 is 9.84 Å². The fraction of sp³-hybridized carbons (Fsp3) is 0.200. The first-order valence-electron chi connectivity index (χ1n) is 4.01. The predicted octanol–water partition coefficient (Wildman–Crippen LogP) is 1.76. The van der Waals surface area contributed by atoms with Crippen molar-refractivity contribution in [1.82, 2.24) is 0 Å². The van der Waals surface area contributed by atoms with Gasteiger partial charge in [-0.15, -0.1) is 6.42 Å². The summed E-state index contributed by atoms with van der Waals surface area (Å²) >= 11 is 5.79. The van der Waals surface area contributed by atoms with E-state index >= 15 is 0 Å². The molecule has 0 spiro atoms. The lowest BCUT2D eigenvalue weighted by molar-refractivity contribution is 0.414. The maximum absolute atomic E-state index is 11.5. The first-order chi connectivity index (χ1) is 7.01. The van der Waals surface area contributed by atoms with Crippen molar-refractivity contribution >= 4 is 21.4 Å². The van der Waals surface area contributed by atoms with Crippen molar-refractivity contribution in [2.24, 2.45) is 0 Å². The largest absolute Gasteiger partial charge is 0.495 e. The Kier molecular flexibility index (Phi) is 3.61. The number of ether oxygens (including phenoxy) is 1. The number of terminal acetylenes is 1. The lowest BCUT2D eigenvalue weighted by atomic mass is 10.3. The van der Waals surface area contributed by atoms with E-state index in [2.05, 4.69) is 5.92 Å². The van der Waals surface area contributed by atoms with Crippen molar-refractivity contribution in [1.29, 1.82) is 0 Å². The highest BCUT2D eigenvalue weighted by Crippen LogP contribution is 2.27. The van der Waals surface area contributed by atoms with E-state index in [4.69, 9.17) is 22.8 Å². The maximum Gasteiger partial charge on any atom is 0.189 e. The third-order valence-corrected chi connectivity index (χ3v) is 3.57. The molecule has 0 saturated carbocycles. The summed E-state index contributed by atoms with van der Waals surface area (Å²) in [4.78, 5) is 0.103. The monoisotopic (exact) mass is 244 g/mol. The predicted molar refractivity (Wildman–Crippen MR) is 58.9 cm³/mol. The van der Waals surface area contributed by atoms with Gasteiger partial charge in [-0.1, -0.05) is 17.5 Å². The van der Waals surface area contributed by atoms with Crippen molar-refractivity contribution < 1.29 is 13.2 Å². The summed E-state index contributed by atoms with van der Waals surface area (Å²) < 4.78 is 28.0. The van der Waals surface area contributed by atoms with Crippen LogP contribution >= 0.6 is 11.6 Å². The number of hydrogen-bond donors (Lipinski definition) is 0. The first-order valence-corrected chi connectivity index (χ1v) is 6.04. The van der Waals surface area contributed by atoms with E-state index in [1.165, 1.54) is 25.3 Å². The van der Waals surface area contributed by atoms with Gasteiger partial charge in [0.25, 0.3) is 0 Å². The molecule has 0 heterocycles. The van der Waals surface area contributed by atoms with Crippen molar-refractivity contribution in [3.05, 3.63) is 23.2 Å². The van der Waals surface area contributed by atoms with Crippen LogP contribution in [0.4, 0.5) is 0 Å². The minimum Gasteiger partial charge on any atom is -0.495 e. The number of rotatable bonds is 3. The Morgan fingerprint density at radius 2 is 2.20 bits per heavy atom. The summed E-state index contributed by atoms with van der Waals surface area (Å²) in [5.74, 6) is 2.18. The molecule has 0 unspecified atom stereocenters. The molecule has 80 valence electrons. The van der Waals surface area contributed by atoms with Gasteiger partial charge in [-0.25, -0.2) is 8.42 Å².